The predicted octanol–water partition coefficient (Wildman–Crippen LogP) is 1.19. The molecule has 1 amide bonds. The van der Waals surface area contributed by atoms with Gasteiger partial charge in [-0.05, 0) is 55.6 Å². The molecule has 2 bridgehead atoms. The van der Waals surface area contributed by atoms with E-state index in [0.29, 0.717) is 18.2 Å². The molecule has 7 nitrogen and oxygen atoms in total. The summed E-state index contributed by atoms with van der Waals surface area (Å²) in [6, 6.07) is 10.8. The van der Waals surface area contributed by atoms with Crippen LogP contribution < -0.4 is 5.56 Å². The molecule has 28 heavy (non-hydrogen) atoms. The lowest BCUT2D eigenvalue weighted by molar-refractivity contribution is -0.00365. The van der Waals surface area contributed by atoms with Crippen molar-refractivity contribution < 1.29 is 9.90 Å². The third-order valence-electron chi connectivity index (χ3n) is 6.73. The van der Waals surface area contributed by atoms with Crippen molar-refractivity contribution in [1.29, 1.82) is 0 Å². The van der Waals surface area contributed by atoms with Crippen LogP contribution in [0, 0.1) is 5.92 Å². The van der Waals surface area contributed by atoms with Crippen LogP contribution in [0.15, 0.2) is 41.2 Å². The number of hydrogen-bond donors (Lipinski definition) is 1. The number of rotatable bonds is 2. The number of phenols is 1. The van der Waals surface area contributed by atoms with Crippen molar-refractivity contribution in [2.45, 2.75) is 30.8 Å². The maximum absolute atomic E-state index is 13.4. The third-order valence-corrected chi connectivity index (χ3v) is 6.73. The number of nitrogens with zero attached hydrogens (tertiary/aromatic N) is 4. The van der Waals surface area contributed by atoms with Crippen LogP contribution in [0.2, 0.25) is 0 Å². The maximum Gasteiger partial charge on any atom is 0.274 e. The number of aryl methyl sites for hydroxylation is 1. The van der Waals surface area contributed by atoms with E-state index in [1.54, 1.807) is 13.1 Å². The van der Waals surface area contributed by atoms with Crippen molar-refractivity contribution >= 4 is 5.91 Å². The lowest BCUT2D eigenvalue weighted by Crippen LogP contribution is -2.60. The van der Waals surface area contributed by atoms with E-state index in [4.69, 9.17) is 0 Å². The topological polar surface area (TPSA) is 78.7 Å². The Labute approximate surface area is 163 Å². The van der Waals surface area contributed by atoms with Gasteiger partial charge in [-0.1, -0.05) is 12.1 Å². The summed E-state index contributed by atoms with van der Waals surface area (Å²) in [7, 11) is 1.57. The zero-order valence-electron chi connectivity index (χ0n) is 15.9. The Balaban J connectivity index is 1.54. The molecule has 4 fully saturated rings. The van der Waals surface area contributed by atoms with E-state index in [-0.39, 0.29) is 35.2 Å². The summed E-state index contributed by atoms with van der Waals surface area (Å²) in [5.74, 6) is 0.807. The number of likely N-dealkylation sites (tertiary alicyclic amines) is 1. The van der Waals surface area contributed by atoms with Crippen LogP contribution in [-0.2, 0) is 7.05 Å². The highest BCUT2D eigenvalue weighted by Crippen LogP contribution is 2.47. The minimum Gasteiger partial charge on any atom is -0.508 e. The number of fused-ring (bicyclic) bond motifs is 2. The van der Waals surface area contributed by atoms with Gasteiger partial charge in [0.25, 0.3) is 11.5 Å². The van der Waals surface area contributed by atoms with Crippen LogP contribution in [0.4, 0.5) is 0 Å². The molecule has 5 heterocycles. The number of aromatic nitrogens is 2. The Bertz CT molecular complexity index is 980. The standard InChI is InChI=1S/C21H24N4O3/c1-23-18(27)6-5-17(22-23)21(28)25-12-16(14-3-2-4-15(26)11-14)20-19(25)13-7-9-24(20)10-8-13/h2-6,11,13,16,19-20,26H,7-10,12H2,1H3/t16-,19+,20+/m1/s1. The van der Waals surface area contributed by atoms with Crippen molar-refractivity contribution in [1.82, 2.24) is 19.6 Å². The van der Waals surface area contributed by atoms with E-state index in [1.165, 1.54) is 16.8 Å². The number of aromatic hydroxyl groups is 1. The van der Waals surface area contributed by atoms with Crippen molar-refractivity contribution in [3.05, 3.63) is 58.0 Å². The van der Waals surface area contributed by atoms with Crippen molar-refractivity contribution in [2.75, 3.05) is 19.6 Å². The molecule has 0 spiro atoms. The quantitative estimate of drug-likeness (QED) is 0.847. The van der Waals surface area contributed by atoms with Gasteiger partial charge in [0.05, 0.1) is 6.04 Å². The first-order valence-electron chi connectivity index (χ1n) is 9.91. The fraction of sp³-hybridized carbons (Fsp3) is 0.476. The largest absolute Gasteiger partial charge is 0.508 e. The van der Waals surface area contributed by atoms with E-state index in [9.17, 15) is 14.7 Å². The summed E-state index contributed by atoms with van der Waals surface area (Å²) in [5.41, 5.74) is 1.16. The first kappa shape index (κ1) is 17.4. The van der Waals surface area contributed by atoms with Gasteiger partial charge in [-0.3, -0.25) is 14.5 Å². The molecule has 4 aliphatic rings. The first-order chi connectivity index (χ1) is 13.5. The van der Waals surface area contributed by atoms with Crippen LogP contribution in [0.25, 0.3) is 0 Å². The highest BCUT2D eigenvalue weighted by molar-refractivity contribution is 5.92. The fourth-order valence-electron chi connectivity index (χ4n) is 5.47. The SMILES string of the molecule is Cn1nc(C(=O)N2C[C@H](c3cccc(O)c3)[C@H]3[C@@H]2C2CCN3CC2)ccc1=O. The smallest absolute Gasteiger partial charge is 0.274 e. The Morgan fingerprint density at radius 2 is 1.93 bits per heavy atom. The molecule has 7 heteroatoms. The summed E-state index contributed by atoms with van der Waals surface area (Å²) in [6.45, 7) is 2.75. The Hall–Kier alpha value is -2.67. The average molecular weight is 380 g/mol. The van der Waals surface area contributed by atoms with E-state index >= 15 is 0 Å². The number of phenolic OH excluding ortho intramolecular Hbond substituents is 1. The second kappa shape index (κ2) is 6.44. The van der Waals surface area contributed by atoms with Crippen molar-refractivity contribution in [2.24, 2.45) is 13.0 Å². The van der Waals surface area contributed by atoms with Gasteiger partial charge in [-0.2, -0.15) is 5.10 Å². The van der Waals surface area contributed by atoms with E-state index in [2.05, 4.69) is 10.00 Å². The van der Waals surface area contributed by atoms with Gasteiger partial charge in [-0.25, -0.2) is 4.68 Å². The number of hydrogen-bond acceptors (Lipinski definition) is 5. The van der Waals surface area contributed by atoms with Gasteiger partial charge in [-0.15, -0.1) is 0 Å². The summed E-state index contributed by atoms with van der Waals surface area (Å²) in [6.07, 6.45) is 2.22. The van der Waals surface area contributed by atoms with E-state index < -0.39 is 0 Å². The molecule has 0 saturated carbocycles. The number of benzene rings is 1. The predicted molar refractivity (Wildman–Crippen MR) is 103 cm³/mol. The van der Waals surface area contributed by atoms with Crippen LogP contribution in [0.3, 0.4) is 0 Å². The summed E-state index contributed by atoms with van der Waals surface area (Å²) >= 11 is 0. The maximum atomic E-state index is 13.4. The zero-order valence-corrected chi connectivity index (χ0v) is 15.9. The van der Waals surface area contributed by atoms with Crippen LogP contribution in [-0.4, -0.2) is 62.3 Å². The fourth-order valence-corrected chi connectivity index (χ4v) is 5.47. The highest BCUT2D eigenvalue weighted by atomic mass is 16.3. The number of piperidine rings is 3. The van der Waals surface area contributed by atoms with E-state index in [1.807, 2.05) is 23.1 Å². The Morgan fingerprint density at radius 1 is 1.14 bits per heavy atom. The molecule has 1 aromatic carbocycles. The number of carbonyl (C=O) groups is 1. The Kier molecular flexibility index (Phi) is 4.01. The molecule has 146 valence electrons. The average Bonchev–Trinajstić information content (AvgIpc) is 3.13. The minimum absolute atomic E-state index is 0.109. The highest BCUT2D eigenvalue weighted by Gasteiger charge is 2.54. The van der Waals surface area contributed by atoms with Crippen LogP contribution in [0.5, 0.6) is 5.75 Å². The summed E-state index contributed by atoms with van der Waals surface area (Å²) in [4.78, 5) is 29.5. The third kappa shape index (κ3) is 2.64. The van der Waals surface area contributed by atoms with Crippen molar-refractivity contribution in [3.8, 4) is 5.75 Å². The molecule has 0 aliphatic carbocycles. The van der Waals surface area contributed by atoms with Crippen LogP contribution >= 0.6 is 0 Å². The molecular weight excluding hydrogens is 356 g/mol. The molecule has 0 unspecified atom stereocenters. The van der Waals surface area contributed by atoms with E-state index in [0.717, 1.165) is 31.5 Å². The molecule has 2 aromatic rings. The van der Waals surface area contributed by atoms with Gasteiger partial charge in [0, 0.05) is 31.6 Å². The first-order valence-corrected chi connectivity index (χ1v) is 9.91. The second-order valence-electron chi connectivity index (χ2n) is 8.19. The molecule has 6 rings (SSSR count). The molecule has 4 aliphatic heterocycles. The monoisotopic (exact) mass is 380 g/mol. The number of carbonyl (C=O) groups excluding carboxylic acids is 1. The number of amides is 1. The molecule has 3 atom stereocenters. The summed E-state index contributed by atoms with van der Waals surface area (Å²) in [5, 5.41) is 14.2. The lowest BCUT2D eigenvalue weighted by Gasteiger charge is -2.51. The van der Waals surface area contributed by atoms with Gasteiger partial charge in [0.2, 0.25) is 0 Å². The molecule has 1 N–H and O–H groups in total. The normalized spacial score (nSPS) is 31.0. The van der Waals surface area contributed by atoms with Crippen molar-refractivity contribution in [3.63, 3.8) is 0 Å². The lowest BCUT2D eigenvalue weighted by atomic mass is 9.75. The second-order valence-corrected chi connectivity index (χ2v) is 8.19. The molecule has 0 radical (unpaired) electrons. The summed E-state index contributed by atoms with van der Waals surface area (Å²) < 4.78 is 1.21. The zero-order chi connectivity index (χ0) is 19.4. The molecular formula is C21H24N4O3. The van der Waals surface area contributed by atoms with Gasteiger partial charge in [0.15, 0.2) is 0 Å². The van der Waals surface area contributed by atoms with Gasteiger partial charge < -0.3 is 10.0 Å². The van der Waals surface area contributed by atoms with Gasteiger partial charge in [0.1, 0.15) is 11.4 Å². The Morgan fingerprint density at radius 3 is 2.64 bits per heavy atom. The molecule has 1 aromatic heterocycles. The minimum atomic E-state index is -0.226. The van der Waals surface area contributed by atoms with Crippen LogP contribution in [0.1, 0.15) is 34.8 Å². The van der Waals surface area contributed by atoms with Gasteiger partial charge >= 0.3 is 0 Å². The molecule has 4 saturated heterocycles.